The van der Waals surface area contributed by atoms with Gasteiger partial charge in [-0.05, 0) is 67.1 Å². The molecule has 1 aromatic heterocycles. The third-order valence-electron chi connectivity index (χ3n) is 4.51. The Morgan fingerprint density at radius 3 is 2.24 bits per heavy atom. The highest BCUT2D eigenvalue weighted by Crippen LogP contribution is 2.45. The van der Waals surface area contributed by atoms with Gasteiger partial charge in [-0.1, -0.05) is 6.42 Å². The minimum Gasteiger partial charge on any atom is -0.352 e. The fraction of sp³-hybridized carbons (Fsp3) is 0.250. The molecule has 130 valence electrons. The first-order chi connectivity index (χ1) is 12.0. The maximum Gasteiger partial charge on any atom is 0.150 e. The maximum absolute atomic E-state index is 14.1. The van der Waals surface area contributed by atoms with E-state index in [4.69, 9.17) is 4.79 Å². The van der Waals surface area contributed by atoms with Crippen molar-refractivity contribution in [1.82, 2.24) is 4.98 Å². The zero-order valence-electron chi connectivity index (χ0n) is 13.8. The third-order valence-corrected chi connectivity index (χ3v) is 4.51. The monoisotopic (exact) mass is 345 g/mol. The molecule has 1 fully saturated rings. The van der Waals surface area contributed by atoms with Gasteiger partial charge in [-0.2, -0.15) is 0 Å². The molecule has 0 radical (unpaired) electrons. The highest BCUT2D eigenvalue weighted by molar-refractivity contribution is 5.92. The molecule has 3 aromatic rings. The smallest absolute Gasteiger partial charge is 0.150 e. The molecule has 0 atom stereocenters. The van der Waals surface area contributed by atoms with Crippen molar-refractivity contribution in [3.8, 4) is 11.3 Å². The Balaban J connectivity index is 0.000000569. The molecule has 4 rings (SSSR count). The number of fused-ring (bicyclic) bond motifs is 1. The molecule has 1 aliphatic carbocycles. The number of H-pyrrole nitrogens is 1. The number of halogens is 3. The molecule has 0 unspecified atom stereocenters. The Bertz CT molecular complexity index is 895. The van der Waals surface area contributed by atoms with Crippen molar-refractivity contribution in [2.75, 3.05) is 0 Å². The van der Waals surface area contributed by atoms with Crippen LogP contribution in [0.25, 0.3) is 22.2 Å². The van der Waals surface area contributed by atoms with Crippen molar-refractivity contribution >= 4 is 17.2 Å². The lowest BCUT2D eigenvalue weighted by Gasteiger charge is -2.26. The van der Waals surface area contributed by atoms with Crippen molar-refractivity contribution < 1.29 is 18.0 Å². The average Bonchev–Trinajstić information content (AvgIpc) is 2.87. The van der Waals surface area contributed by atoms with E-state index in [1.54, 1.807) is 12.1 Å². The average molecular weight is 345 g/mol. The van der Waals surface area contributed by atoms with Crippen LogP contribution in [-0.2, 0) is 4.79 Å². The number of aromatic amines is 1. The molecule has 25 heavy (non-hydrogen) atoms. The van der Waals surface area contributed by atoms with Crippen LogP contribution in [0, 0.1) is 17.5 Å². The highest BCUT2D eigenvalue weighted by Gasteiger charge is 2.27. The summed E-state index contributed by atoms with van der Waals surface area (Å²) in [5.74, 6) is -1.18. The molecule has 0 spiro atoms. The topological polar surface area (TPSA) is 32.9 Å². The van der Waals surface area contributed by atoms with Crippen molar-refractivity contribution in [3.05, 3.63) is 59.4 Å². The van der Waals surface area contributed by atoms with E-state index in [9.17, 15) is 13.2 Å². The molecule has 0 saturated heterocycles. The normalized spacial score (nSPS) is 13.9. The van der Waals surface area contributed by atoms with Gasteiger partial charge in [0.15, 0.2) is 0 Å². The standard InChI is InChI=1S/C18H14F3N.C2H4O/c19-12-6-4-11(5-7-12)17-16(10-2-1-3-10)14-8-13(20)9-15(21)18(14)22-17;1-2-3/h4-10,22H,1-3H2;2H,1H3. The van der Waals surface area contributed by atoms with Crippen LogP contribution in [0.4, 0.5) is 13.2 Å². The number of hydrogen-bond donors (Lipinski definition) is 1. The number of carbonyl (C=O) groups is 1. The van der Waals surface area contributed by atoms with Gasteiger partial charge in [-0.25, -0.2) is 13.2 Å². The van der Waals surface area contributed by atoms with Crippen LogP contribution in [0.15, 0.2) is 36.4 Å². The van der Waals surface area contributed by atoms with Crippen molar-refractivity contribution in [1.29, 1.82) is 0 Å². The van der Waals surface area contributed by atoms with Gasteiger partial charge in [0, 0.05) is 11.5 Å². The van der Waals surface area contributed by atoms with Crippen LogP contribution in [0.5, 0.6) is 0 Å². The van der Waals surface area contributed by atoms with E-state index in [1.165, 1.54) is 25.1 Å². The SMILES string of the molecule is CC=O.Fc1ccc(-c2[nH]c3c(F)cc(F)cc3c2C2CCC2)cc1. The number of aldehydes is 1. The van der Waals surface area contributed by atoms with Gasteiger partial charge in [-0.3, -0.25) is 0 Å². The van der Waals surface area contributed by atoms with Crippen LogP contribution < -0.4 is 0 Å². The van der Waals surface area contributed by atoms with E-state index in [2.05, 4.69) is 4.98 Å². The second-order valence-corrected chi connectivity index (χ2v) is 6.09. The number of carbonyl (C=O) groups excluding carboxylic acids is 1. The minimum atomic E-state index is -0.594. The number of nitrogens with one attached hydrogen (secondary N) is 1. The van der Waals surface area contributed by atoms with Gasteiger partial charge >= 0.3 is 0 Å². The summed E-state index contributed by atoms with van der Waals surface area (Å²) in [5, 5.41) is 0.599. The molecule has 1 saturated carbocycles. The van der Waals surface area contributed by atoms with Gasteiger partial charge in [0.25, 0.3) is 0 Å². The lowest BCUT2D eigenvalue weighted by Crippen LogP contribution is -2.09. The summed E-state index contributed by atoms with van der Waals surface area (Å²) >= 11 is 0. The van der Waals surface area contributed by atoms with Gasteiger partial charge in [0.2, 0.25) is 0 Å². The largest absolute Gasteiger partial charge is 0.352 e. The molecule has 1 heterocycles. The fourth-order valence-electron chi connectivity index (χ4n) is 3.21. The first-order valence-corrected chi connectivity index (χ1v) is 8.21. The summed E-state index contributed by atoms with van der Waals surface area (Å²) in [6.07, 6.45) is 3.90. The van der Waals surface area contributed by atoms with Crippen LogP contribution in [0.1, 0.15) is 37.7 Å². The quantitative estimate of drug-likeness (QED) is 0.592. The molecule has 0 aliphatic heterocycles. The van der Waals surface area contributed by atoms with E-state index in [-0.39, 0.29) is 5.82 Å². The van der Waals surface area contributed by atoms with Gasteiger partial charge in [0.1, 0.15) is 23.7 Å². The van der Waals surface area contributed by atoms with Crippen molar-refractivity contribution in [2.24, 2.45) is 0 Å². The third kappa shape index (κ3) is 3.31. The molecule has 1 N–H and O–H groups in total. The molecule has 0 bridgehead atoms. The summed E-state index contributed by atoms with van der Waals surface area (Å²) in [7, 11) is 0. The van der Waals surface area contributed by atoms with E-state index in [1.807, 2.05) is 0 Å². The Labute approximate surface area is 143 Å². The van der Waals surface area contributed by atoms with Gasteiger partial charge < -0.3 is 9.78 Å². The molecular formula is C20H18F3NO. The maximum atomic E-state index is 14.1. The predicted octanol–water partition coefficient (Wildman–Crippen LogP) is 5.72. The summed E-state index contributed by atoms with van der Waals surface area (Å²) in [4.78, 5) is 11.9. The van der Waals surface area contributed by atoms with E-state index in [0.29, 0.717) is 16.8 Å². The van der Waals surface area contributed by atoms with Gasteiger partial charge in [-0.15, -0.1) is 0 Å². The molecular weight excluding hydrogens is 327 g/mol. The Morgan fingerprint density at radius 1 is 1.04 bits per heavy atom. The Morgan fingerprint density at radius 2 is 1.68 bits per heavy atom. The van der Waals surface area contributed by atoms with Crippen LogP contribution >= 0.6 is 0 Å². The lowest BCUT2D eigenvalue weighted by atomic mass is 9.78. The number of rotatable bonds is 2. The second kappa shape index (κ2) is 7.13. The van der Waals surface area contributed by atoms with Crippen LogP contribution in [0.3, 0.4) is 0 Å². The number of hydrogen-bond acceptors (Lipinski definition) is 1. The van der Waals surface area contributed by atoms with E-state index in [0.717, 1.165) is 48.4 Å². The lowest BCUT2D eigenvalue weighted by molar-refractivity contribution is -0.106. The van der Waals surface area contributed by atoms with Crippen molar-refractivity contribution in [3.63, 3.8) is 0 Å². The molecule has 1 aliphatic rings. The van der Waals surface area contributed by atoms with Crippen LogP contribution in [0.2, 0.25) is 0 Å². The number of aromatic nitrogens is 1. The number of benzene rings is 2. The predicted molar refractivity (Wildman–Crippen MR) is 91.9 cm³/mol. The summed E-state index contributed by atoms with van der Waals surface area (Å²) in [6.45, 7) is 1.44. The highest BCUT2D eigenvalue weighted by atomic mass is 19.1. The second-order valence-electron chi connectivity index (χ2n) is 6.09. The Hall–Kier alpha value is -2.56. The molecule has 2 aromatic carbocycles. The fourth-order valence-corrected chi connectivity index (χ4v) is 3.21. The summed E-state index contributed by atoms with van der Waals surface area (Å²) < 4.78 is 40.8. The van der Waals surface area contributed by atoms with Gasteiger partial charge in [0.05, 0.1) is 11.2 Å². The summed E-state index contributed by atoms with van der Waals surface area (Å²) in [5.41, 5.74) is 2.83. The molecule has 2 nitrogen and oxygen atoms in total. The first kappa shape index (κ1) is 17.3. The summed E-state index contributed by atoms with van der Waals surface area (Å²) in [6, 6.07) is 8.35. The zero-order chi connectivity index (χ0) is 18.0. The molecule has 0 amide bonds. The Kier molecular flexibility index (Phi) is 4.93. The van der Waals surface area contributed by atoms with E-state index < -0.39 is 11.6 Å². The first-order valence-electron chi connectivity index (χ1n) is 8.21. The van der Waals surface area contributed by atoms with Crippen molar-refractivity contribution in [2.45, 2.75) is 32.1 Å². The zero-order valence-corrected chi connectivity index (χ0v) is 13.8. The minimum absolute atomic E-state index is 0.301. The van der Waals surface area contributed by atoms with E-state index >= 15 is 0 Å². The molecule has 5 heteroatoms. The van der Waals surface area contributed by atoms with Crippen LogP contribution in [-0.4, -0.2) is 11.3 Å².